The summed E-state index contributed by atoms with van der Waals surface area (Å²) >= 11 is 0. The van der Waals surface area contributed by atoms with Gasteiger partial charge >= 0.3 is 0 Å². The molecule has 20 heavy (non-hydrogen) atoms. The highest BCUT2D eigenvalue weighted by molar-refractivity contribution is 5.54. The molecule has 0 aromatic carbocycles. The summed E-state index contributed by atoms with van der Waals surface area (Å²) in [5.41, 5.74) is 6.69. The van der Waals surface area contributed by atoms with Crippen LogP contribution in [-0.4, -0.2) is 29.1 Å². The topological polar surface area (TPSA) is 68.2 Å². The van der Waals surface area contributed by atoms with Gasteiger partial charge in [0.1, 0.15) is 11.5 Å². The van der Waals surface area contributed by atoms with Gasteiger partial charge in [0.2, 0.25) is 5.95 Å². The van der Waals surface area contributed by atoms with Crippen LogP contribution < -0.4 is 10.6 Å². The molecule has 2 N–H and O–H groups in total. The Bertz CT molecular complexity index is 581. The molecule has 2 aromatic heterocycles. The first-order valence-electron chi connectivity index (χ1n) is 7.14. The van der Waals surface area contributed by atoms with E-state index < -0.39 is 0 Å². The standard InChI is InChI=1S/C15H20N4O/c1-11-5-6-14(20-11)13-7-8-17-15(18-13)19-9-3-2-4-12(19)10-16/h5-8,12H,2-4,9-10,16H2,1H3. The summed E-state index contributed by atoms with van der Waals surface area (Å²) in [6.45, 7) is 3.55. The minimum atomic E-state index is 0.345. The molecule has 3 heterocycles. The SMILES string of the molecule is Cc1ccc(-c2ccnc(N3CCCCC3CN)n2)o1. The fourth-order valence-electron chi connectivity index (χ4n) is 2.71. The van der Waals surface area contributed by atoms with Crippen LogP contribution in [0, 0.1) is 6.92 Å². The molecular formula is C15H20N4O. The summed E-state index contributed by atoms with van der Waals surface area (Å²) in [4.78, 5) is 11.3. The van der Waals surface area contributed by atoms with Gasteiger partial charge in [-0.05, 0) is 44.4 Å². The van der Waals surface area contributed by atoms with Crippen molar-refractivity contribution in [3.05, 3.63) is 30.2 Å². The van der Waals surface area contributed by atoms with Crippen molar-refractivity contribution in [2.45, 2.75) is 32.2 Å². The quantitative estimate of drug-likeness (QED) is 0.929. The molecule has 5 heteroatoms. The van der Waals surface area contributed by atoms with Crippen LogP contribution in [0.4, 0.5) is 5.95 Å². The fraction of sp³-hybridized carbons (Fsp3) is 0.467. The van der Waals surface area contributed by atoms with Crippen molar-refractivity contribution in [3.63, 3.8) is 0 Å². The Balaban J connectivity index is 1.90. The Morgan fingerprint density at radius 3 is 3.00 bits per heavy atom. The molecule has 0 amide bonds. The minimum absolute atomic E-state index is 0.345. The third-order valence-corrected chi connectivity index (χ3v) is 3.79. The van der Waals surface area contributed by atoms with Crippen LogP contribution in [0.15, 0.2) is 28.8 Å². The van der Waals surface area contributed by atoms with Crippen molar-refractivity contribution in [1.29, 1.82) is 0 Å². The second-order valence-electron chi connectivity index (χ2n) is 5.23. The summed E-state index contributed by atoms with van der Waals surface area (Å²) in [7, 11) is 0. The summed E-state index contributed by atoms with van der Waals surface area (Å²) in [5, 5.41) is 0. The van der Waals surface area contributed by atoms with Crippen LogP contribution in [0.3, 0.4) is 0 Å². The van der Waals surface area contributed by atoms with E-state index >= 15 is 0 Å². The fourth-order valence-corrected chi connectivity index (χ4v) is 2.71. The third kappa shape index (κ3) is 2.54. The zero-order valence-corrected chi connectivity index (χ0v) is 11.7. The molecule has 2 aromatic rings. The van der Waals surface area contributed by atoms with Crippen molar-refractivity contribution in [2.24, 2.45) is 5.73 Å². The van der Waals surface area contributed by atoms with Crippen LogP contribution >= 0.6 is 0 Å². The van der Waals surface area contributed by atoms with Gasteiger partial charge in [0.15, 0.2) is 5.76 Å². The Morgan fingerprint density at radius 1 is 1.35 bits per heavy atom. The average Bonchev–Trinajstić information content (AvgIpc) is 2.94. The molecule has 0 radical (unpaired) electrons. The van der Waals surface area contributed by atoms with Crippen LogP contribution in [-0.2, 0) is 0 Å². The number of hydrogen-bond donors (Lipinski definition) is 1. The molecule has 0 aliphatic carbocycles. The van der Waals surface area contributed by atoms with Crippen molar-refractivity contribution >= 4 is 5.95 Å². The highest BCUT2D eigenvalue weighted by atomic mass is 16.3. The molecule has 0 spiro atoms. The molecular weight excluding hydrogens is 252 g/mol. The Kier molecular flexibility index (Phi) is 3.69. The summed E-state index contributed by atoms with van der Waals surface area (Å²) < 4.78 is 5.63. The number of piperidine rings is 1. The van der Waals surface area contributed by atoms with E-state index in [0.29, 0.717) is 12.6 Å². The summed E-state index contributed by atoms with van der Waals surface area (Å²) in [6, 6.07) is 6.11. The maximum absolute atomic E-state index is 5.87. The Hall–Kier alpha value is -1.88. The second kappa shape index (κ2) is 5.63. The van der Waals surface area contributed by atoms with E-state index in [1.165, 1.54) is 12.8 Å². The van der Waals surface area contributed by atoms with Crippen LogP contribution in [0.1, 0.15) is 25.0 Å². The number of anilines is 1. The van der Waals surface area contributed by atoms with Gasteiger partial charge in [0.25, 0.3) is 0 Å². The first-order valence-corrected chi connectivity index (χ1v) is 7.14. The average molecular weight is 272 g/mol. The lowest BCUT2D eigenvalue weighted by Crippen LogP contribution is -2.45. The van der Waals surface area contributed by atoms with Crippen LogP contribution in [0.5, 0.6) is 0 Å². The lowest BCUT2D eigenvalue weighted by molar-refractivity contribution is 0.458. The minimum Gasteiger partial charge on any atom is -0.460 e. The Labute approximate surface area is 118 Å². The lowest BCUT2D eigenvalue weighted by Gasteiger charge is -2.35. The number of nitrogens with zero attached hydrogens (tertiary/aromatic N) is 3. The number of nitrogens with two attached hydrogens (primary N) is 1. The summed E-state index contributed by atoms with van der Waals surface area (Å²) in [5.74, 6) is 2.43. The van der Waals surface area contributed by atoms with E-state index in [9.17, 15) is 0 Å². The van der Waals surface area contributed by atoms with Crippen LogP contribution in [0.2, 0.25) is 0 Å². The molecule has 1 saturated heterocycles. The first-order chi connectivity index (χ1) is 9.78. The maximum Gasteiger partial charge on any atom is 0.226 e. The van der Waals surface area contributed by atoms with E-state index in [-0.39, 0.29) is 0 Å². The summed E-state index contributed by atoms with van der Waals surface area (Å²) in [6.07, 6.45) is 5.31. The van der Waals surface area contributed by atoms with E-state index in [0.717, 1.165) is 36.1 Å². The van der Waals surface area contributed by atoms with E-state index in [1.54, 1.807) is 6.20 Å². The number of hydrogen-bond acceptors (Lipinski definition) is 5. The van der Waals surface area contributed by atoms with E-state index in [1.807, 2.05) is 25.1 Å². The number of aryl methyl sites for hydroxylation is 1. The number of rotatable bonds is 3. The second-order valence-corrected chi connectivity index (χ2v) is 5.23. The molecule has 1 fully saturated rings. The molecule has 0 saturated carbocycles. The van der Waals surface area contributed by atoms with Gasteiger partial charge < -0.3 is 15.1 Å². The number of furan rings is 1. The predicted molar refractivity (Wildman–Crippen MR) is 78.5 cm³/mol. The van der Waals surface area contributed by atoms with Gasteiger partial charge in [-0.25, -0.2) is 9.97 Å². The third-order valence-electron chi connectivity index (χ3n) is 3.79. The monoisotopic (exact) mass is 272 g/mol. The highest BCUT2D eigenvalue weighted by Gasteiger charge is 2.23. The lowest BCUT2D eigenvalue weighted by atomic mass is 10.0. The Morgan fingerprint density at radius 2 is 2.25 bits per heavy atom. The molecule has 5 nitrogen and oxygen atoms in total. The number of aromatic nitrogens is 2. The van der Waals surface area contributed by atoms with Crippen molar-refractivity contribution in [1.82, 2.24) is 9.97 Å². The zero-order chi connectivity index (χ0) is 13.9. The predicted octanol–water partition coefficient (Wildman–Crippen LogP) is 2.36. The molecule has 0 bridgehead atoms. The van der Waals surface area contributed by atoms with Gasteiger partial charge in [0.05, 0.1) is 0 Å². The van der Waals surface area contributed by atoms with Crippen molar-refractivity contribution in [2.75, 3.05) is 18.0 Å². The molecule has 106 valence electrons. The molecule has 1 aliphatic heterocycles. The van der Waals surface area contributed by atoms with E-state index in [4.69, 9.17) is 10.2 Å². The maximum atomic E-state index is 5.87. The first kappa shape index (κ1) is 13.1. The van der Waals surface area contributed by atoms with Gasteiger partial charge in [0, 0.05) is 25.3 Å². The highest BCUT2D eigenvalue weighted by Crippen LogP contribution is 2.25. The van der Waals surface area contributed by atoms with Gasteiger partial charge in [-0.1, -0.05) is 0 Å². The molecule has 3 rings (SSSR count). The molecule has 1 aliphatic rings. The van der Waals surface area contributed by atoms with Crippen molar-refractivity contribution in [3.8, 4) is 11.5 Å². The normalized spacial score (nSPS) is 19.3. The van der Waals surface area contributed by atoms with Gasteiger partial charge in [-0.15, -0.1) is 0 Å². The smallest absolute Gasteiger partial charge is 0.226 e. The zero-order valence-electron chi connectivity index (χ0n) is 11.7. The molecule has 1 atom stereocenters. The van der Waals surface area contributed by atoms with Gasteiger partial charge in [-0.3, -0.25) is 0 Å². The van der Waals surface area contributed by atoms with Gasteiger partial charge in [-0.2, -0.15) is 0 Å². The van der Waals surface area contributed by atoms with Crippen LogP contribution in [0.25, 0.3) is 11.5 Å². The largest absolute Gasteiger partial charge is 0.460 e. The van der Waals surface area contributed by atoms with E-state index in [2.05, 4.69) is 14.9 Å². The molecule has 1 unspecified atom stereocenters. The van der Waals surface area contributed by atoms with Crippen molar-refractivity contribution < 1.29 is 4.42 Å².